The van der Waals surface area contributed by atoms with Gasteiger partial charge in [-0.1, -0.05) is 19.3 Å². The fourth-order valence-electron chi connectivity index (χ4n) is 3.24. The second kappa shape index (κ2) is 11.6. The van der Waals surface area contributed by atoms with E-state index < -0.39 is 11.8 Å². The predicted molar refractivity (Wildman–Crippen MR) is 118 cm³/mol. The Labute approximate surface area is 185 Å². The molecule has 0 spiro atoms. The van der Waals surface area contributed by atoms with Gasteiger partial charge in [0.2, 0.25) is 0 Å². The maximum Gasteiger partial charge on any atom is 0.329 e. The van der Waals surface area contributed by atoms with Gasteiger partial charge in [-0.25, -0.2) is 9.82 Å². The molecule has 2 aromatic rings. The molecule has 0 bridgehead atoms. The van der Waals surface area contributed by atoms with Gasteiger partial charge in [-0.2, -0.15) is 5.10 Å². The summed E-state index contributed by atoms with van der Waals surface area (Å²) < 4.78 is 18.3. The Morgan fingerprint density at radius 2 is 1.66 bits per heavy atom. The van der Waals surface area contributed by atoms with Crippen LogP contribution in [0.3, 0.4) is 0 Å². The molecule has 9 heteroatoms. The third-order valence-corrected chi connectivity index (χ3v) is 4.90. The first-order valence-corrected chi connectivity index (χ1v) is 10.4. The number of amides is 3. The molecule has 1 aliphatic carbocycles. The highest BCUT2D eigenvalue weighted by molar-refractivity contribution is 6.35. The van der Waals surface area contributed by atoms with Crippen LogP contribution in [0.1, 0.15) is 37.7 Å². The maximum atomic E-state index is 12.9. The first kappa shape index (κ1) is 22.9. The molecular formula is C23H25FN4O4. The van der Waals surface area contributed by atoms with Crippen LogP contribution in [-0.4, -0.2) is 36.6 Å². The maximum absolute atomic E-state index is 12.9. The summed E-state index contributed by atoms with van der Waals surface area (Å²) in [4.78, 5) is 35.6. The van der Waals surface area contributed by atoms with E-state index >= 15 is 0 Å². The summed E-state index contributed by atoms with van der Waals surface area (Å²) in [5.41, 5.74) is 3.35. The van der Waals surface area contributed by atoms with Crippen LogP contribution in [0.5, 0.6) is 5.75 Å². The summed E-state index contributed by atoms with van der Waals surface area (Å²) in [5.74, 6) is -1.79. The van der Waals surface area contributed by atoms with Crippen molar-refractivity contribution in [2.24, 2.45) is 5.10 Å². The molecule has 3 amide bonds. The number of hydrogen-bond acceptors (Lipinski definition) is 5. The topological polar surface area (TPSA) is 109 Å². The zero-order valence-electron chi connectivity index (χ0n) is 17.5. The van der Waals surface area contributed by atoms with Gasteiger partial charge in [-0.05, 0) is 66.9 Å². The molecule has 8 nitrogen and oxygen atoms in total. The van der Waals surface area contributed by atoms with E-state index in [4.69, 9.17) is 4.74 Å². The van der Waals surface area contributed by atoms with Crippen LogP contribution in [0.2, 0.25) is 0 Å². The van der Waals surface area contributed by atoms with E-state index in [1.165, 1.54) is 30.5 Å². The van der Waals surface area contributed by atoms with Gasteiger partial charge in [-0.15, -0.1) is 0 Å². The van der Waals surface area contributed by atoms with Gasteiger partial charge in [-0.3, -0.25) is 14.4 Å². The minimum atomic E-state index is -0.807. The van der Waals surface area contributed by atoms with E-state index in [0.29, 0.717) is 17.0 Å². The molecule has 0 unspecified atom stereocenters. The zero-order chi connectivity index (χ0) is 22.8. The Bertz CT molecular complexity index is 955. The molecule has 1 fully saturated rings. The monoisotopic (exact) mass is 440 g/mol. The van der Waals surface area contributed by atoms with Crippen molar-refractivity contribution >= 4 is 29.6 Å². The number of nitrogens with zero attached hydrogens (tertiary/aromatic N) is 1. The molecule has 0 aliphatic heterocycles. The molecule has 1 saturated carbocycles. The minimum Gasteiger partial charge on any atom is -0.484 e. The van der Waals surface area contributed by atoms with Crippen LogP contribution in [-0.2, 0) is 14.4 Å². The molecule has 3 N–H and O–H groups in total. The molecule has 0 saturated heterocycles. The number of hydrogen-bond donors (Lipinski definition) is 3. The van der Waals surface area contributed by atoms with Gasteiger partial charge in [0.25, 0.3) is 5.91 Å². The molecule has 1 aliphatic rings. The Balaban J connectivity index is 1.39. The Morgan fingerprint density at radius 3 is 2.34 bits per heavy atom. The van der Waals surface area contributed by atoms with Crippen molar-refractivity contribution in [1.82, 2.24) is 10.7 Å². The summed E-state index contributed by atoms with van der Waals surface area (Å²) in [6.07, 6.45) is 6.47. The number of halogens is 1. The molecule has 0 aromatic heterocycles. The SMILES string of the molecule is O=C(COc1ccc(/C=N\NC(=O)C(=O)NC2CCCCC2)cc1)Nc1ccc(F)cc1. The molecule has 2 aromatic carbocycles. The van der Waals surface area contributed by atoms with E-state index in [2.05, 4.69) is 21.2 Å². The molecule has 32 heavy (non-hydrogen) atoms. The van der Waals surface area contributed by atoms with Crippen LogP contribution in [0.4, 0.5) is 10.1 Å². The van der Waals surface area contributed by atoms with E-state index in [1.807, 2.05) is 0 Å². The van der Waals surface area contributed by atoms with Crippen molar-refractivity contribution in [2.45, 2.75) is 38.1 Å². The van der Waals surface area contributed by atoms with E-state index in [-0.39, 0.29) is 24.4 Å². The molecule has 0 heterocycles. The first-order valence-electron chi connectivity index (χ1n) is 10.4. The lowest BCUT2D eigenvalue weighted by Crippen LogP contribution is -2.44. The second-order valence-corrected chi connectivity index (χ2v) is 7.42. The highest BCUT2D eigenvalue weighted by Gasteiger charge is 2.19. The molecule has 3 rings (SSSR count). The fourth-order valence-corrected chi connectivity index (χ4v) is 3.24. The Kier molecular flexibility index (Phi) is 8.30. The Morgan fingerprint density at radius 1 is 0.969 bits per heavy atom. The smallest absolute Gasteiger partial charge is 0.329 e. The van der Waals surface area contributed by atoms with Crippen LogP contribution in [0, 0.1) is 5.82 Å². The van der Waals surface area contributed by atoms with E-state index in [0.717, 1.165) is 32.1 Å². The number of carbonyl (C=O) groups excluding carboxylic acids is 3. The lowest BCUT2D eigenvalue weighted by molar-refractivity contribution is -0.139. The van der Waals surface area contributed by atoms with E-state index in [9.17, 15) is 18.8 Å². The van der Waals surface area contributed by atoms with Crippen LogP contribution < -0.4 is 20.8 Å². The molecular weight excluding hydrogens is 415 g/mol. The van der Waals surface area contributed by atoms with Gasteiger partial charge in [0, 0.05) is 11.7 Å². The minimum absolute atomic E-state index is 0.0521. The molecule has 168 valence electrons. The van der Waals surface area contributed by atoms with Crippen molar-refractivity contribution in [3.05, 3.63) is 59.9 Å². The van der Waals surface area contributed by atoms with Gasteiger partial charge in [0.1, 0.15) is 11.6 Å². The van der Waals surface area contributed by atoms with Crippen molar-refractivity contribution in [1.29, 1.82) is 0 Å². The van der Waals surface area contributed by atoms with Crippen LogP contribution >= 0.6 is 0 Å². The summed E-state index contributed by atoms with van der Waals surface area (Å²) in [6.45, 7) is -0.211. The number of anilines is 1. The van der Waals surface area contributed by atoms with Crippen LogP contribution in [0.25, 0.3) is 0 Å². The number of rotatable bonds is 7. The third kappa shape index (κ3) is 7.50. The highest BCUT2D eigenvalue weighted by Crippen LogP contribution is 2.17. The summed E-state index contributed by atoms with van der Waals surface area (Å²) in [6, 6.07) is 12.1. The van der Waals surface area contributed by atoms with Gasteiger partial charge < -0.3 is 15.4 Å². The number of ether oxygens (including phenoxy) is 1. The van der Waals surface area contributed by atoms with E-state index in [1.54, 1.807) is 24.3 Å². The average Bonchev–Trinajstić information content (AvgIpc) is 2.80. The lowest BCUT2D eigenvalue weighted by Gasteiger charge is -2.22. The standard InChI is InChI=1S/C23H25FN4O4/c24-17-8-10-19(11-9-17)26-21(29)15-32-20-12-6-16(7-13-20)14-25-28-23(31)22(30)27-18-4-2-1-3-5-18/h6-14,18H,1-5,15H2,(H,26,29)(H,27,30)(H,28,31)/b25-14-. The summed E-state index contributed by atoms with van der Waals surface area (Å²) in [5, 5.41) is 9.12. The summed E-state index contributed by atoms with van der Waals surface area (Å²) in [7, 11) is 0. The quantitative estimate of drug-likeness (QED) is 0.349. The zero-order valence-corrected chi connectivity index (χ0v) is 17.5. The van der Waals surface area contributed by atoms with Gasteiger partial charge in [0.05, 0.1) is 6.21 Å². The predicted octanol–water partition coefficient (Wildman–Crippen LogP) is 2.74. The van der Waals surface area contributed by atoms with Gasteiger partial charge in [0.15, 0.2) is 6.61 Å². The number of carbonyl (C=O) groups is 3. The normalized spacial score (nSPS) is 14.0. The second-order valence-electron chi connectivity index (χ2n) is 7.42. The largest absolute Gasteiger partial charge is 0.484 e. The fraction of sp³-hybridized carbons (Fsp3) is 0.304. The molecule has 0 atom stereocenters. The van der Waals surface area contributed by atoms with Crippen LogP contribution in [0.15, 0.2) is 53.6 Å². The third-order valence-electron chi connectivity index (χ3n) is 4.90. The Hall–Kier alpha value is -3.75. The molecule has 0 radical (unpaired) electrons. The number of nitrogens with one attached hydrogen (secondary N) is 3. The highest BCUT2D eigenvalue weighted by atomic mass is 19.1. The van der Waals surface area contributed by atoms with Crippen molar-refractivity contribution in [3.8, 4) is 5.75 Å². The lowest BCUT2D eigenvalue weighted by atomic mass is 9.95. The van der Waals surface area contributed by atoms with Crippen molar-refractivity contribution < 1.29 is 23.5 Å². The van der Waals surface area contributed by atoms with Crippen molar-refractivity contribution in [2.75, 3.05) is 11.9 Å². The van der Waals surface area contributed by atoms with Gasteiger partial charge >= 0.3 is 11.8 Å². The summed E-state index contributed by atoms with van der Waals surface area (Å²) >= 11 is 0. The first-order chi connectivity index (χ1) is 15.5. The van der Waals surface area contributed by atoms with Crippen molar-refractivity contribution in [3.63, 3.8) is 0 Å². The number of benzene rings is 2. The average molecular weight is 440 g/mol. The number of hydrazone groups is 1.